The van der Waals surface area contributed by atoms with Crippen molar-refractivity contribution in [3.05, 3.63) is 35.9 Å². The van der Waals surface area contributed by atoms with Gasteiger partial charge in [0.1, 0.15) is 0 Å². The molecule has 2 atom stereocenters. The number of nitrogens with one attached hydrogen (secondary N) is 1. The van der Waals surface area contributed by atoms with E-state index in [0.717, 1.165) is 38.2 Å². The van der Waals surface area contributed by atoms with Gasteiger partial charge >= 0.3 is 0 Å². The number of rotatable bonds is 5. The fourth-order valence-corrected chi connectivity index (χ4v) is 2.90. The molecule has 0 spiro atoms. The van der Waals surface area contributed by atoms with Crippen LogP contribution in [0.1, 0.15) is 18.9 Å². The molecular weight excluding hydrogens is 252 g/mol. The van der Waals surface area contributed by atoms with Crippen molar-refractivity contribution in [2.45, 2.75) is 25.0 Å². The summed E-state index contributed by atoms with van der Waals surface area (Å²) in [6.45, 7) is 5.74. The summed E-state index contributed by atoms with van der Waals surface area (Å²) in [5, 5.41) is 13.3. The number of nitrogens with zero attached hydrogens (tertiary/aromatic N) is 1. The van der Waals surface area contributed by atoms with Crippen LogP contribution in [0.2, 0.25) is 0 Å². The molecule has 112 valence electrons. The smallest absolute Gasteiger partial charge is 0.0795 e. The number of aliphatic hydroxyl groups is 1. The van der Waals surface area contributed by atoms with E-state index >= 15 is 0 Å². The largest absolute Gasteiger partial charge is 0.394 e. The first-order valence-corrected chi connectivity index (χ1v) is 7.39. The summed E-state index contributed by atoms with van der Waals surface area (Å²) >= 11 is 0. The van der Waals surface area contributed by atoms with Gasteiger partial charge < -0.3 is 15.2 Å². The fraction of sp³-hybridized carbons (Fsp3) is 0.625. The highest BCUT2D eigenvalue weighted by Gasteiger charge is 2.32. The highest BCUT2D eigenvalue weighted by molar-refractivity contribution is 5.25. The predicted octanol–water partition coefficient (Wildman–Crippen LogP) is 1.20. The van der Waals surface area contributed by atoms with Gasteiger partial charge in [0.2, 0.25) is 0 Å². The maximum Gasteiger partial charge on any atom is 0.0795 e. The van der Waals surface area contributed by atoms with Crippen molar-refractivity contribution in [2.75, 3.05) is 39.9 Å². The minimum Gasteiger partial charge on any atom is -0.394 e. The first-order valence-electron chi connectivity index (χ1n) is 7.39. The summed E-state index contributed by atoms with van der Waals surface area (Å²) in [6, 6.07) is 10.2. The first kappa shape index (κ1) is 15.4. The lowest BCUT2D eigenvalue weighted by Crippen LogP contribution is -2.53. The Bertz CT molecular complexity index is 393. The Morgan fingerprint density at radius 3 is 2.80 bits per heavy atom. The molecule has 1 aromatic rings. The van der Waals surface area contributed by atoms with Gasteiger partial charge in [0.05, 0.1) is 18.2 Å². The summed E-state index contributed by atoms with van der Waals surface area (Å²) in [7, 11) is 1.92. The van der Waals surface area contributed by atoms with Crippen molar-refractivity contribution in [3.63, 3.8) is 0 Å². The topological polar surface area (TPSA) is 44.7 Å². The molecule has 1 aliphatic rings. The Balaban J connectivity index is 2.16. The molecule has 2 rings (SSSR count). The summed E-state index contributed by atoms with van der Waals surface area (Å²) in [4.78, 5) is 2.39. The average Bonchev–Trinajstić information content (AvgIpc) is 2.70. The summed E-state index contributed by atoms with van der Waals surface area (Å²) in [5.41, 5.74) is 0.716. The van der Waals surface area contributed by atoms with Crippen molar-refractivity contribution in [3.8, 4) is 0 Å². The number of hydrogen-bond donors (Lipinski definition) is 2. The van der Waals surface area contributed by atoms with Crippen LogP contribution in [0.3, 0.4) is 0 Å². The maximum absolute atomic E-state index is 9.98. The van der Waals surface area contributed by atoms with Crippen molar-refractivity contribution >= 4 is 0 Å². The van der Waals surface area contributed by atoms with Crippen molar-refractivity contribution < 1.29 is 9.84 Å². The standard InChI is InChI=1S/C16H26N2O2/c1-14-11-18(9-6-10-20-14)12-16(13-19,17-2)15-7-4-3-5-8-15/h3-5,7-8,14,17,19H,6,9-13H2,1-2H3. The molecular formula is C16H26N2O2. The Kier molecular flexibility index (Phi) is 5.54. The lowest BCUT2D eigenvalue weighted by atomic mass is 9.90. The normalized spacial score (nSPS) is 24.1. The van der Waals surface area contributed by atoms with Gasteiger partial charge in [-0.15, -0.1) is 0 Å². The van der Waals surface area contributed by atoms with E-state index in [9.17, 15) is 5.11 Å². The van der Waals surface area contributed by atoms with Crippen molar-refractivity contribution in [1.82, 2.24) is 10.2 Å². The molecule has 0 radical (unpaired) electrons. The Morgan fingerprint density at radius 1 is 1.40 bits per heavy atom. The van der Waals surface area contributed by atoms with E-state index in [0.29, 0.717) is 0 Å². The zero-order valence-electron chi connectivity index (χ0n) is 12.5. The van der Waals surface area contributed by atoms with Gasteiger partial charge in [-0.1, -0.05) is 30.3 Å². The summed E-state index contributed by atoms with van der Waals surface area (Å²) in [5.74, 6) is 0. The van der Waals surface area contributed by atoms with Crippen LogP contribution in [0, 0.1) is 0 Å². The number of hydrogen-bond acceptors (Lipinski definition) is 4. The van der Waals surface area contributed by atoms with E-state index in [-0.39, 0.29) is 12.7 Å². The second-order valence-corrected chi connectivity index (χ2v) is 5.63. The van der Waals surface area contributed by atoms with Gasteiger partial charge in [-0.3, -0.25) is 4.90 Å². The van der Waals surface area contributed by atoms with E-state index in [2.05, 4.69) is 29.3 Å². The van der Waals surface area contributed by atoms with Crippen LogP contribution >= 0.6 is 0 Å². The summed E-state index contributed by atoms with van der Waals surface area (Å²) < 4.78 is 5.70. The minimum atomic E-state index is -0.411. The zero-order chi connectivity index (χ0) is 14.4. The maximum atomic E-state index is 9.98. The Hall–Kier alpha value is -0.940. The fourth-order valence-electron chi connectivity index (χ4n) is 2.90. The van der Waals surface area contributed by atoms with E-state index in [1.54, 1.807) is 0 Å². The molecule has 4 nitrogen and oxygen atoms in total. The molecule has 0 amide bonds. The lowest BCUT2D eigenvalue weighted by molar-refractivity contribution is 0.0563. The molecule has 1 aliphatic heterocycles. The van der Waals surface area contributed by atoms with Gasteiger partial charge in [-0.25, -0.2) is 0 Å². The lowest BCUT2D eigenvalue weighted by Gasteiger charge is -2.37. The quantitative estimate of drug-likeness (QED) is 0.849. The van der Waals surface area contributed by atoms with Crippen LogP contribution in [0.4, 0.5) is 0 Å². The van der Waals surface area contributed by atoms with E-state index in [1.807, 2.05) is 25.2 Å². The molecule has 1 heterocycles. The highest BCUT2D eigenvalue weighted by Crippen LogP contribution is 2.22. The highest BCUT2D eigenvalue weighted by atomic mass is 16.5. The van der Waals surface area contributed by atoms with Gasteiger partial charge in [0.25, 0.3) is 0 Å². The number of likely N-dealkylation sites (N-methyl/N-ethyl adjacent to an activating group) is 1. The third-order valence-corrected chi connectivity index (χ3v) is 4.10. The monoisotopic (exact) mass is 278 g/mol. The van der Waals surface area contributed by atoms with Gasteiger partial charge in [-0.2, -0.15) is 0 Å². The average molecular weight is 278 g/mol. The molecule has 0 aromatic heterocycles. The van der Waals surface area contributed by atoms with Crippen LogP contribution in [0.15, 0.2) is 30.3 Å². The molecule has 1 aromatic carbocycles. The van der Waals surface area contributed by atoms with Crippen LogP contribution in [-0.4, -0.2) is 56.0 Å². The molecule has 2 N–H and O–H groups in total. The third kappa shape index (κ3) is 3.58. The number of aliphatic hydroxyl groups excluding tert-OH is 1. The molecule has 1 fully saturated rings. The zero-order valence-corrected chi connectivity index (χ0v) is 12.5. The first-order chi connectivity index (χ1) is 9.70. The van der Waals surface area contributed by atoms with Gasteiger partial charge in [0.15, 0.2) is 0 Å². The third-order valence-electron chi connectivity index (χ3n) is 4.10. The molecule has 1 saturated heterocycles. The van der Waals surface area contributed by atoms with Crippen LogP contribution in [0.5, 0.6) is 0 Å². The van der Waals surface area contributed by atoms with Crippen LogP contribution in [-0.2, 0) is 10.3 Å². The van der Waals surface area contributed by atoms with Crippen LogP contribution < -0.4 is 5.32 Å². The van der Waals surface area contributed by atoms with E-state index in [1.165, 1.54) is 0 Å². The Labute approximate surface area is 121 Å². The minimum absolute atomic E-state index is 0.0826. The molecule has 0 bridgehead atoms. The second-order valence-electron chi connectivity index (χ2n) is 5.63. The second kappa shape index (κ2) is 7.18. The van der Waals surface area contributed by atoms with Gasteiger partial charge in [-0.05, 0) is 26.0 Å². The molecule has 0 aliphatic carbocycles. The van der Waals surface area contributed by atoms with Crippen molar-refractivity contribution in [2.24, 2.45) is 0 Å². The molecule has 2 unspecified atom stereocenters. The number of benzene rings is 1. The Morgan fingerprint density at radius 2 is 2.15 bits per heavy atom. The van der Waals surface area contributed by atoms with Crippen molar-refractivity contribution in [1.29, 1.82) is 0 Å². The summed E-state index contributed by atoms with van der Waals surface area (Å²) in [6.07, 6.45) is 1.30. The molecule has 4 heteroatoms. The molecule has 20 heavy (non-hydrogen) atoms. The molecule has 0 saturated carbocycles. The van der Waals surface area contributed by atoms with Crippen LogP contribution in [0.25, 0.3) is 0 Å². The SMILES string of the molecule is CNC(CO)(CN1CCCOC(C)C1)c1ccccc1. The van der Waals surface area contributed by atoms with E-state index in [4.69, 9.17) is 4.74 Å². The number of ether oxygens (including phenoxy) is 1. The van der Waals surface area contributed by atoms with E-state index < -0.39 is 5.54 Å². The predicted molar refractivity (Wildman–Crippen MR) is 80.7 cm³/mol. The van der Waals surface area contributed by atoms with Gasteiger partial charge in [0, 0.05) is 26.2 Å².